The van der Waals surface area contributed by atoms with Crippen LogP contribution in [0.5, 0.6) is 0 Å². The second-order valence-corrected chi connectivity index (χ2v) is 5.48. The van der Waals surface area contributed by atoms with Crippen molar-refractivity contribution in [1.82, 2.24) is 4.90 Å². The van der Waals surface area contributed by atoms with Crippen molar-refractivity contribution < 1.29 is 13.2 Å². The van der Waals surface area contributed by atoms with Crippen LogP contribution in [0.4, 0.5) is 18.9 Å². The predicted molar refractivity (Wildman–Crippen MR) is 75.1 cm³/mol. The molecule has 0 N–H and O–H groups in total. The summed E-state index contributed by atoms with van der Waals surface area (Å²) in [6.07, 6.45) is -2.55. The third-order valence-electron chi connectivity index (χ3n) is 4.07. The van der Waals surface area contributed by atoms with Crippen molar-refractivity contribution in [3.63, 3.8) is 0 Å². The van der Waals surface area contributed by atoms with Crippen LogP contribution < -0.4 is 4.90 Å². The van der Waals surface area contributed by atoms with Gasteiger partial charge < -0.3 is 9.80 Å². The van der Waals surface area contributed by atoms with Crippen LogP contribution >= 0.6 is 0 Å². The summed E-state index contributed by atoms with van der Waals surface area (Å²) in [5.41, 5.74) is -0.528. The number of likely N-dealkylation sites (tertiary alicyclic amines) is 1. The van der Waals surface area contributed by atoms with Gasteiger partial charge in [0.1, 0.15) is 0 Å². The van der Waals surface area contributed by atoms with Crippen molar-refractivity contribution in [3.8, 4) is 6.07 Å². The van der Waals surface area contributed by atoms with Gasteiger partial charge in [0, 0.05) is 18.8 Å². The number of halogens is 3. The van der Waals surface area contributed by atoms with Crippen molar-refractivity contribution in [2.24, 2.45) is 0 Å². The van der Waals surface area contributed by atoms with E-state index in [1.54, 1.807) is 6.07 Å². The second-order valence-electron chi connectivity index (χ2n) is 5.48. The molecule has 0 aliphatic carbocycles. The number of anilines is 1. The van der Waals surface area contributed by atoms with Crippen molar-refractivity contribution in [3.05, 3.63) is 29.3 Å². The van der Waals surface area contributed by atoms with Gasteiger partial charge in [0.05, 0.1) is 17.2 Å². The Morgan fingerprint density at radius 2 is 1.90 bits per heavy atom. The van der Waals surface area contributed by atoms with Gasteiger partial charge in [-0.15, -0.1) is 0 Å². The summed E-state index contributed by atoms with van der Waals surface area (Å²) < 4.78 is 38.4. The molecule has 0 spiro atoms. The lowest BCUT2D eigenvalue weighted by Gasteiger charge is -2.36. The van der Waals surface area contributed by atoms with Crippen LogP contribution in [-0.2, 0) is 6.18 Å². The molecular formula is C15H18F3N3. The molecule has 0 saturated carbocycles. The summed E-state index contributed by atoms with van der Waals surface area (Å²) in [5, 5.41) is 8.96. The largest absolute Gasteiger partial charge is 0.417 e. The molecule has 1 aromatic rings. The second kappa shape index (κ2) is 5.94. The van der Waals surface area contributed by atoms with Crippen LogP contribution in [0.1, 0.15) is 24.0 Å². The van der Waals surface area contributed by atoms with Gasteiger partial charge in [-0.05, 0) is 51.2 Å². The quantitative estimate of drug-likeness (QED) is 0.840. The Morgan fingerprint density at radius 1 is 1.29 bits per heavy atom. The lowest BCUT2D eigenvalue weighted by atomic mass is 10.0. The maximum atomic E-state index is 12.8. The topological polar surface area (TPSA) is 30.3 Å². The fraction of sp³-hybridized carbons (Fsp3) is 0.533. The number of nitrogens with zero attached hydrogens (tertiary/aromatic N) is 3. The minimum Gasteiger partial charge on any atom is -0.371 e. The SMILES string of the molecule is CN1CCC(N(C)c2ccc(C(F)(F)F)c(C#N)c2)CC1. The van der Waals surface area contributed by atoms with E-state index in [0.29, 0.717) is 11.7 Å². The van der Waals surface area contributed by atoms with E-state index in [-0.39, 0.29) is 5.56 Å². The molecule has 1 aliphatic rings. The molecule has 0 unspecified atom stereocenters. The van der Waals surface area contributed by atoms with E-state index < -0.39 is 11.7 Å². The molecule has 1 aliphatic heterocycles. The van der Waals surface area contributed by atoms with E-state index in [2.05, 4.69) is 11.9 Å². The van der Waals surface area contributed by atoms with Crippen LogP contribution in [0, 0.1) is 11.3 Å². The van der Waals surface area contributed by atoms with Crippen molar-refractivity contribution in [2.75, 3.05) is 32.1 Å². The summed E-state index contributed by atoms with van der Waals surface area (Å²) in [4.78, 5) is 4.21. The average Bonchev–Trinajstić information content (AvgIpc) is 2.45. The molecular weight excluding hydrogens is 279 g/mol. The summed E-state index contributed by atoms with van der Waals surface area (Å²) in [6, 6.07) is 5.73. The summed E-state index contributed by atoms with van der Waals surface area (Å²) >= 11 is 0. The first-order valence-corrected chi connectivity index (χ1v) is 6.85. The number of hydrogen-bond acceptors (Lipinski definition) is 3. The van der Waals surface area contributed by atoms with Crippen LogP contribution in [0.15, 0.2) is 18.2 Å². The molecule has 0 bridgehead atoms. The van der Waals surface area contributed by atoms with Gasteiger partial charge in [-0.2, -0.15) is 18.4 Å². The predicted octanol–water partition coefficient (Wildman–Crippen LogP) is 3.11. The van der Waals surface area contributed by atoms with Gasteiger partial charge in [0.25, 0.3) is 0 Å². The van der Waals surface area contributed by atoms with Gasteiger partial charge in [0.15, 0.2) is 0 Å². The minimum absolute atomic E-state index is 0.296. The zero-order valence-corrected chi connectivity index (χ0v) is 12.1. The molecule has 0 aromatic heterocycles. The monoisotopic (exact) mass is 297 g/mol. The maximum absolute atomic E-state index is 12.8. The lowest BCUT2D eigenvalue weighted by Crippen LogP contribution is -2.42. The van der Waals surface area contributed by atoms with E-state index in [0.717, 1.165) is 32.0 Å². The third kappa shape index (κ3) is 3.48. The number of hydrogen-bond donors (Lipinski definition) is 0. The average molecular weight is 297 g/mol. The molecule has 1 heterocycles. The van der Waals surface area contributed by atoms with E-state index in [4.69, 9.17) is 5.26 Å². The number of benzene rings is 1. The number of rotatable bonds is 2. The summed E-state index contributed by atoms with van der Waals surface area (Å²) in [7, 11) is 3.93. The molecule has 6 heteroatoms. The zero-order valence-electron chi connectivity index (χ0n) is 12.1. The zero-order chi connectivity index (χ0) is 15.6. The summed E-state index contributed by atoms with van der Waals surface area (Å²) in [5.74, 6) is 0. The highest BCUT2D eigenvalue weighted by Crippen LogP contribution is 2.34. The van der Waals surface area contributed by atoms with Gasteiger partial charge in [-0.25, -0.2) is 0 Å². The maximum Gasteiger partial charge on any atom is 0.417 e. The van der Waals surface area contributed by atoms with E-state index in [1.807, 2.05) is 11.9 Å². The number of piperidine rings is 1. The van der Waals surface area contributed by atoms with Gasteiger partial charge in [-0.1, -0.05) is 0 Å². The van der Waals surface area contributed by atoms with Crippen molar-refractivity contribution >= 4 is 5.69 Å². The molecule has 2 rings (SSSR count). The Kier molecular flexibility index (Phi) is 4.43. The number of alkyl halides is 3. The Morgan fingerprint density at radius 3 is 2.43 bits per heavy atom. The molecule has 1 fully saturated rings. The smallest absolute Gasteiger partial charge is 0.371 e. The molecule has 114 valence electrons. The Labute approximate surface area is 122 Å². The molecule has 0 radical (unpaired) electrons. The van der Waals surface area contributed by atoms with Crippen LogP contribution in [0.3, 0.4) is 0 Å². The molecule has 3 nitrogen and oxygen atoms in total. The highest BCUT2D eigenvalue weighted by atomic mass is 19.4. The fourth-order valence-corrected chi connectivity index (χ4v) is 2.68. The molecule has 21 heavy (non-hydrogen) atoms. The normalized spacial score (nSPS) is 17.5. The Hall–Kier alpha value is -1.74. The van der Waals surface area contributed by atoms with Crippen molar-refractivity contribution in [1.29, 1.82) is 5.26 Å². The van der Waals surface area contributed by atoms with Gasteiger partial charge in [-0.3, -0.25) is 0 Å². The van der Waals surface area contributed by atoms with E-state index in [1.165, 1.54) is 12.1 Å². The van der Waals surface area contributed by atoms with E-state index >= 15 is 0 Å². The number of nitriles is 1. The lowest BCUT2D eigenvalue weighted by molar-refractivity contribution is -0.137. The highest BCUT2D eigenvalue weighted by molar-refractivity contribution is 5.55. The van der Waals surface area contributed by atoms with Gasteiger partial charge in [0.2, 0.25) is 0 Å². The standard InChI is InChI=1S/C15H18F3N3/c1-20-7-5-12(6-8-20)21(2)13-3-4-14(15(16,17)18)11(9-13)10-19/h3-4,9,12H,5-8H2,1-2H3. The molecule has 1 saturated heterocycles. The van der Waals surface area contributed by atoms with Crippen LogP contribution in [-0.4, -0.2) is 38.1 Å². The molecule has 0 amide bonds. The molecule has 1 aromatic carbocycles. The fourth-order valence-electron chi connectivity index (χ4n) is 2.68. The first-order valence-electron chi connectivity index (χ1n) is 6.85. The van der Waals surface area contributed by atoms with Gasteiger partial charge >= 0.3 is 6.18 Å². The summed E-state index contributed by atoms with van der Waals surface area (Å²) in [6.45, 7) is 1.95. The Bertz CT molecular complexity index is 540. The first-order chi connectivity index (χ1) is 9.82. The van der Waals surface area contributed by atoms with Crippen LogP contribution in [0.2, 0.25) is 0 Å². The minimum atomic E-state index is -4.49. The third-order valence-corrected chi connectivity index (χ3v) is 4.07. The van der Waals surface area contributed by atoms with Crippen LogP contribution in [0.25, 0.3) is 0 Å². The first kappa shape index (κ1) is 15.6. The van der Waals surface area contributed by atoms with Crippen molar-refractivity contribution in [2.45, 2.75) is 25.1 Å². The Balaban J connectivity index is 2.23. The van der Waals surface area contributed by atoms with E-state index in [9.17, 15) is 13.2 Å². The molecule has 0 atom stereocenters. The highest BCUT2D eigenvalue weighted by Gasteiger charge is 2.34.